The van der Waals surface area contributed by atoms with Gasteiger partial charge >= 0.3 is 0 Å². The van der Waals surface area contributed by atoms with Gasteiger partial charge in [0.05, 0.1) is 0 Å². The van der Waals surface area contributed by atoms with Gasteiger partial charge in [0.1, 0.15) is 0 Å². The molecule has 5 nitrogen and oxygen atoms in total. The predicted octanol–water partition coefficient (Wildman–Crippen LogP) is -0.132. The van der Waals surface area contributed by atoms with Gasteiger partial charge in [0.25, 0.3) is 0 Å². The lowest BCUT2D eigenvalue weighted by atomic mass is 10.1. The number of nitrogens with zero attached hydrogens (tertiary/aromatic N) is 2. The maximum Gasteiger partial charge on any atom is 0.221 e. The van der Waals surface area contributed by atoms with Crippen LogP contribution in [-0.2, 0) is 4.79 Å². The van der Waals surface area contributed by atoms with Crippen LogP contribution < -0.4 is 11.1 Å². The monoisotopic (exact) mass is 256 g/mol. The van der Waals surface area contributed by atoms with E-state index in [2.05, 4.69) is 22.0 Å². The normalized spacial score (nSPS) is 19.7. The second-order valence-electron chi connectivity index (χ2n) is 4.88. The average molecular weight is 256 g/mol. The maximum absolute atomic E-state index is 11.4. The van der Waals surface area contributed by atoms with Crippen LogP contribution in [0.5, 0.6) is 0 Å². The minimum absolute atomic E-state index is 0.160. The minimum atomic E-state index is 0.160. The van der Waals surface area contributed by atoms with Crippen LogP contribution in [0.15, 0.2) is 0 Å². The van der Waals surface area contributed by atoms with E-state index in [0.29, 0.717) is 12.5 Å². The Morgan fingerprint density at radius 3 is 2.44 bits per heavy atom. The Kier molecular flexibility index (Phi) is 7.23. The van der Waals surface area contributed by atoms with Crippen molar-refractivity contribution >= 4 is 5.91 Å². The molecule has 1 unspecified atom stereocenters. The number of carbonyl (C=O) groups is 1. The lowest BCUT2D eigenvalue weighted by Gasteiger charge is -2.38. The Balaban J connectivity index is 2.21. The summed E-state index contributed by atoms with van der Waals surface area (Å²) in [7, 11) is 0. The largest absolute Gasteiger partial charge is 0.356 e. The van der Waals surface area contributed by atoms with Crippen LogP contribution in [-0.4, -0.2) is 67.6 Å². The highest BCUT2D eigenvalue weighted by atomic mass is 16.1. The molecule has 1 rings (SSSR count). The van der Waals surface area contributed by atoms with Crippen molar-refractivity contribution in [2.24, 2.45) is 5.73 Å². The number of rotatable bonds is 7. The zero-order valence-electron chi connectivity index (χ0n) is 11.8. The molecular weight excluding hydrogens is 228 g/mol. The Morgan fingerprint density at radius 2 is 1.94 bits per heavy atom. The number of hydrogen-bond acceptors (Lipinski definition) is 4. The van der Waals surface area contributed by atoms with E-state index in [1.54, 1.807) is 0 Å². The molecule has 0 spiro atoms. The highest BCUT2D eigenvalue weighted by molar-refractivity contribution is 5.75. The fourth-order valence-corrected chi connectivity index (χ4v) is 2.47. The van der Waals surface area contributed by atoms with Gasteiger partial charge in [-0.3, -0.25) is 9.69 Å². The van der Waals surface area contributed by atoms with E-state index < -0.39 is 0 Å². The third-order valence-electron chi connectivity index (χ3n) is 3.70. The molecule has 1 aliphatic rings. The summed E-state index contributed by atoms with van der Waals surface area (Å²) in [5, 5.41) is 2.84. The lowest BCUT2D eigenvalue weighted by molar-refractivity contribution is -0.121. The molecule has 0 radical (unpaired) electrons. The molecule has 3 N–H and O–H groups in total. The molecule has 1 amide bonds. The first kappa shape index (κ1) is 15.4. The van der Waals surface area contributed by atoms with Crippen LogP contribution >= 0.6 is 0 Å². The van der Waals surface area contributed by atoms with Crippen LogP contribution in [0.25, 0.3) is 0 Å². The van der Waals surface area contributed by atoms with Gasteiger partial charge in [-0.1, -0.05) is 6.92 Å². The molecule has 0 saturated carbocycles. The fraction of sp³-hybridized carbons (Fsp3) is 0.923. The van der Waals surface area contributed by atoms with Crippen molar-refractivity contribution in [1.82, 2.24) is 15.1 Å². The zero-order valence-corrected chi connectivity index (χ0v) is 11.8. The molecule has 1 aliphatic heterocycles. The summed E-state index contributed by atoms with van der Waals surface area (Å²) in [6, 6.07) is 0.524. The Bertz CT molecular complexity index is 235. The number of nitrogens with two attached hydrogens (primary N) is 1. The van der Waals surface area contributed by atoms with Gasteiger partial charge in [0, 0.05) is 58.3 Å². The quantitative estimate of drug-likeness (QED) is 0.666. The van der Waals surface area contributed by atoms with Gasteiger partial charge in [-0.15, -0.1) is 0 Å². The standard InChI is InChI=1S/C13H28N4O/c1-3-12(11-14)17-9-7-16(8-10-17)6-5-13(18)15-4-2/h12H,3-11,14H2,1-2H3,(H,15,18). The molecule has 0 aromatic rings. The third kappa shape index (κ3) is 4.92. The first-order chi connectivity index (χ1) is 8.71. The minimum Gasteiger partial charge on any atom is -0.356 e. The van der Waals surface area contributed by atoms with Gasteiger partial charge in [-0.25, -0.2) is 0 Å². The first-order valence-electron chi connectivity index (χ1n) is 7.14. The number of carbonyl (C=O) groups excluding carboxylic acids is 1. The van der Waals surface area contributed by atoms with Crippen LogP contribution in [0.2, 0.25) is 0 Å². The van der Waals surface area contributed by atoms with Crippen molar-refractivity contribution in [3.63, 3.8) is 0 Å². The molecule has 18 heavy (non-hydrogen) atoms. The molecule has 1 fully saturated rings. The van der Waals surface area contributed by atoms with Gasteiger partial charge in [0.15, 0.2) is 0 Å². The van der Waals surface area contributed by atoms with Crippen molar-refractivity contribution in [2.45, 2.75) is 32.7 Å². The van der Waals surface area contributed by atoms with Crippen LogP contribution in [0.1, 0.15) is 26.7 Å². The Morgan fingerprint density at radius 1 is 1.28 bits per heavy atom. The van der Waals surface area contributed by atoms with Gasteiger partial charge in [-0.2, -0.15) is 0 Å². The predicted molar refractivity (Wildman–Crippen MR) is 74.4 cm³/mol. The summed E-state index contributed by atoms with van der Waals surface area (Å²) in [5.74, 6) is 0.160. The maximum atomic E-state index is 11.4. The van der Waals surface area contributed by atoms with Gasteiger partial charge < -0.3 is 16.0 Å². The van der Waals surface area contributed by atoms with E-state index >= 15 is 0 Å². The summed E-state index contributed by atoms with van der Waals surface area (Å²) in [5.41, 5.74) is 5.77. The van der Waals surface area contributed by atoms with Gasteiger partial charge in [-0.05, 0) is 13.3 Å². The van der Waals surface area contributed by atoms with Crippen LogP contribution in [0, 0.1) is 0 Å². The number of nitrogens with one attached hydrogen (secondary N) is 1. The molecule has 0 aromatic carbocycles. The van der Waals surface area contributed by atoms with Crippen molar-refractivity contribution in [2.75, 3.05) is 45.8 Å². The zero-order chi connectivity index (χ0) is 13.4. The van der Waals surface area contributed by atoms with Crippen molar-refractivity contribution in [1.29, 1.82) is 0 Å². The van der Waals surface area contributed by atoms with E-state index in [-0.39, 0.29) is 5.91 Å². The molecular formula is C13H28N4O. The summed E-state index contributed by atoms with van der Waals surface area (Å²) < 4.78 is 0. The third-order valence-corrected chi connectivity index (χ3v) is 3.70. The molecule has 1 saturated heterocycles. The van der Waals surface area contributed by atoms with Gasteiger partial charge in [0.2, 0.25) is 5.91 Å². The first-order valence-corrected chi connectivity index (χ1v) is 7.14. The molecule has 0 bridgehead atoms. The lowest BCUT2D eigenvalue weighted by Crippen LogP contribution is -2.52. The van der Waals surface area contributed by atoms with Crippen molar-refractivity contribution in [3.8, 4) is 0 Å². The summed E-state index contributed by atoms with van der Waals surface area (Å²) in [6.45, 7) is 10.7. The number of hydrogen-bond donors (Lipinski definition) is 2. The van der Waals surface area contributed by atoms with E-state index in [4.69, 9.17) is 5.73 Å². The number of amides is 1. The van der Waals surface area contributed by atoms with Crippen molar-refractivity contribution in [3.05, 3.63) is 0 Å². The molecule has 106 valence electrons. The van der Waals surface area contributed by atoms with Crippen LogP contribution in [0.4, 0.5) is 0 Å². The summed E-state index contributed by atoms with van der Waals surface area (Å²) in [6.07, 6.45) is 1.73. The smallest absolute Gasteiger partial charge is 0.221 e. The Labute approximate surface area is 111 Å². The molecule has 1 heterocycles. The highest BCUT2D eigenvalue weighted by Gasteiger charge is 2.21. The number of piperazine rings is 1. The van der Waals surface area contributed by atoms with Crippen molar-refractivity contribution < 1.29 is 4.79 Å². The topological polar surface area (TPSA) is 61.6 Å². The van der Waals surface area contributed by atoms with E-state index in [1.165, 1.54) is 0 Å². The molecule has 0 aromatic heterocycles. The Hall–Kier alpha value is -0.650. The SMILES string of the molecule is CCNC(=O)CCN1CCN(C(CC)CN)CC1. The van der Waals surface area contributed by atoms with E-state index in [1.807, 2.05) is 6.92 Å². The van der Waals surface area contributed by atoms with E-state index in [0.717, 1.165) is 52.2 Å². The fourth-order valence-electron chi connectivity index (χ4n) is 2.47. The molecule has 1 atom stereocenters. The molecule has 0 aliphatic carbocycles. The van der Waals surface area contributed by atoms with Crippen LogP contribution in [0.3, 0.4) is 0 Å². The highest BCUT2D eigenvalue weighted by Crippen LogP contribution is 2.08. The molecule has 5 heteroatoms. The summed E-state index contributed by atoms with van der Waals surface area (Å²) >= 11 is 0. The second kappa shape index (κ2) is 8.45. The average Bonchev–Trinajstić information content (AvgIpc) is 2.39. The van der Waals surface area contributed by atoms with E-state index in [9.17, 15) is 4.79 Å². The summed E-state index contributed by atoms with van der Waals surface area (Å²) in [4.78, 5) is 16.2. The second-order valence-corrected chi connectivity index (χ2v) is 4.88.